The summed E-state index contributed by atoms with van der Waals surface area (Å²) in [7, 11) is 0. The van der Waals surface area contributed by atoms with Crippen molar-refractivity contribution in [2.45, 2.75) is 44.2 Å². The number of hydrogen-bond donors (Lipinski definition) is 2. The predicted octanol–water partition coefficient (Wildman–Crippen LogP) is 3.67. The van der Waals surface area contributed by atoms with Crippen molar-refractivity contribution < 1.29 is 22.7 Å². The van der Waals surface area contributed by atoms with Crippen LogP contribution in [0.25, 0.3) is 0 Å². The van der Waals surface area contributed by atoms with Gasteiger partial charge in [0.2, 0.25) is 0 Å². The smallest absolute Gasteiger partial charge is 0.367 e. The minimum Gasteiger partial charge on any atom is -0.367 e. The Labute approximate surface area is 161 Å². The minimum atomic E-state index is -4.29. The molecule has 2 aliphatic heterocycles. The fourth-order valence-electron chi connectivity index (χ4n) is 4.13. The molecule has 2 fully saturated rings. The molecular weight excluding hydrogens is 369 g/mol. The summed E-state index contributed by atoms with van der Waals surface area (Å²) in [6.45, 7) is 2.88. The zero-order valence-corrected chi connectivity index (χ0v) is 15.6. The van der Waals surface area contributed by atoms with Crippen LogP contribution >= 0.6 is 0 Å². The van der Waals surface area contributed by atoms with Crippen molar-refractivity contribution in [3.05, 3.63) is 58.7 Å². The highest BCUT2D eigenvalue weighted by Crippen LogP contribution is 2.37. The summed E-state index contributed by atoms with van der Waals surface area (Å²) in [5.41, 5.74) is 1.84. The van der Waals surface area contributed by atoms with E-state index in [9.17, 15) is 18.0 Å². The maximum atomic E-state index is 12.8. The molecule has 2 bridgehead atoms. The maximum Gasteiger partial charge on any atom is 0.412 e. The van der Waals surface area contributed by atoms with Crippen molar-refractivity contribution in [3.63, 3.8) is 0 Å². The summed E-state index contributed by atoms with van der Waals surface area (Å²) in [5.74, 6) is -0.496. The van der Waals surface area contributed by atoms with Crippen LogP contribution in [0.3, 0.4) is 0 Å². The maximum absolute atomic E-state index is 12.8. The van der Waals surface area contributed by atoms with Crippen molar-refractivity contribution in [1.82, 2.24) is 10.6 Å². The van der Waals surface area contributed by atoms with E-state index < -0.39 is 11.7 Å². The Morgan fingerprint density at radius 2 is 2.00 bits per heavy atom. The summed E-state index contributed by atoms with van der Waals surface area (Å²) in [6, 6.07) is 7.67. The molecule has 2 heterocycles. The Hall–Kier alpha value is -2.12. The third-order valence-corrected chi connectivity index (χ3v) is 5.81. The molecule has 1 aromatic rings. The van der Waals surface area contributed by atoms with Crippen molar-refractivity contribution in [1.29, 1.82) is 0 Å². The highest BCUT2D eigenvalue weighted by atomic mass is 19.4. The zero-order chi connectivity index (χ0) is 19.9. The van der Waals surface area contributed by atoms with Gasteiger partial charge in [-0.3, -0.25) is 4.79 Å². The third-order valence-electron chi connectivity index (χ3n) is 5.81. The largest absolute Gasteiger partial charge is 0.412 e. The molecule has 1 amide bonds. The van der Waals surface area contributed by atoms with Crippen molar-refractivity contribution in [3.8, 4) is 0 Å². The second-order valence-electron chi connectivity index (χ2n) is 7.77. The lowest BCUT2D eigenvalue weighted by Crippen LogP contribution is -2.34. The average Bonchev–Trinajstić information content (AvgIpc) is 3.29. The molecule has 0 saturated carbocycles. The molecule has 4 nitrogen and oxygen atoms in total. The van der Waals surface area contributed by atoms with Gasteiger partial charge in [-0.15, -0.1) is 0 Å². The van der Waals surface area contributed by atoms with Crippen LogP contribution in [0.15, 0.2) is 47.6 Å². The van der Waals surface area contributed by atoms with Crippen LogP contribution in [0.2, 0.25) is 0 Å². The van der Waals surface area contributed by atoms with Crippen LogP contribution in [0.5, 0.6) is 0 Å². The number of rotatable bonds is 4. The zero-order valence-electron chi connectivity index (χ0n) is 15.6. The van der Waals surface area contributed by atoms with Gasteiger partial charge in [-0.05, 0) is 42.0 Å². The number of alkyl halides is 3. The molecule has 28 heavy (non-hydrogen) atoms. The second kappa shape index (κ2) is 7.37. The lowest BCUT2D eigenvalue weighted by Gasteiger charge is -2.24. The number of fused-ring (bicyclic) bond motifs is 2. The Balaban J connectivity index is 1.35. The first-order chi connectivity index (χ1) is 13.3. The highest BCUT2D eigenvalue weighted by Gasteiger charge is 2.41. The number of hydrogen-bond acceptors (Lipinski definition) is 3. The molecule has 2 N–H and O–H groups in total. The molecule has 4 atom stereocenters. The van der Waals surface area contributed by atoms with Gasteiger partial charge in [0, 0.05) is 30.3 Å². The van der Waals surface area contributed by atoms with Crippen molar-refractivity contribution >= 4 is 5.91 Å². The number of allylic oxidation sites excluding steroid dienone is 3. The molecular formula is C21H23F3N2O2. The van der Waals surface area contributed by atoms with Crippen LogP contribution < -0.4 is 10.6 Å². The molecule has 1 unspecified atom stereocenters. The number of benzene rings is 1. The van der Waals surface area contributed by atoms with Gasteiger partial charge in [-0.1, -0.05) is 31.2 Å². The molecule has 7 heteroatoms. The topological polar surface area (TPSA) is 50.4 Å². The third kappa shape index (κ3) is 3.86. The van der Waals surface area contributed by atoms with Gasteiger partial charge >= 0.3 is 6.18 Å². The van der Waals surface area contributed by atoms with Gasteiger partial charge in [0.05, 0.1) is 12.2 Å². The number of amides is 1. The summed E-state index contributed by atoms with van der Waals surface area (Å²) in [4.78, 5) is 12.4. The molecule has 3 aliphatic rings. The standard InChI is InChI=1S/C21H23F3N2O2/c1-12-8-16(21(22,23)24)7-6-15(12)10-26-20(27)14-4-2-13(3-5-14)19-18-9-17(28-19)11-25-18/h2-7,12,17-19,25H,8-11H2,1H3,(H,26,27)/t12?,17-,18-,19+/m1/s1. The first-order valence-electron chi connectivity index (χ1n) is 9.55. The summed E-state index contributed by atoms with van der Waals surface area (Å²) >= 11 is 0. The van der Waals surface area contributed by atoms with E-state index in [0.29, 0.717) is 11.6 Å². The van der Waals surface area contributed by atoms with Gasteiger partial charge in [-0.2, -0.15) is 13.2 Å². The van der Waals surface area contributed by atoms with E-state index in [1.165, 1.54) is 6.08 Å². The van der Waals surface area contributed by atoms with E-state index in [0.717, 1.165) is 30.2 Å². The molecule has 0 radical (unpaired) electrons. The fourth-order valence-corrected chi connectivity index (χ4v) is 4.13. The van der Waals surface area contributed by atoms with E-state index >= 15 is 0 Å². The number of morpholine rings is 1. The fraction of sp³-hybridized carbons (Fsp3) is 0.476. The Bertz CT molecular complexity index is 814. The molecule has 1 aliphatic carbocycles. The molecule has 0 aromatic heterocycles. The Morgan fingerprint density at radius 3 is 2.57 bits per heavy atom. The predicted molar refractivity (Wildman–Crippen MR) is 98.8 cm³/mol. The SMILES string of the molecule is CC1CC(C(F)(F)F)=CC=C1CNC(=O)c1ccc([C@@H]2O[C@H]3CN[C@@H]2C3)cc1. The van der Waals surface area contributed by atoms with Crippen molar-refractivity contribution in [2.24, 2.45) is 5.92 Å². The van der Waals surface area contributed by atoms with Gasteiger partial charge in [0.15, 0.2) is 0 Å². The molecule has 4 rings (SSSR count). The van der Waals surface area contributed by atoms with Crippen LogP contribution in [-0.2, 0) is 4.74 Å². The number of nitrogens with one attached hydrogen (secondary N) is 2. The lowest BCUT2D eigenvalue weighted by molar-refractivity contribution is -0.0950. The Morgan fingerprint density at radius 1 is 1.25 bits per heavy atom. The molecule has 1 aromatic carbocycles. The number of carbonyl (C=O) groups is 1. The van der Waals surface area contributed by atoms with Gasteiger partial charge in [0.1, 0.15) is 0 Å². The number of ether oxygens (including phenoxy) is 1. The number of carbonyl (C=O) groups excluding carboxylic acids is 1. The van der Waals surface area contributed by atoms with E-state index in [-0.39, 0.29) is 37.0 Å². The lowest BCUT2D eigenvalue weighted by atomic mass is 9.88. The van der Waals surface area contributed by atoms with E-state index in [1.54, 1.807) is 19.1 Å². The van der Waals surface area contributed by atoms with Crippen LogP contribution in [0, 0.1) is 5.92 Å². The van der Waals surface area contributed by atoms with E-state index in [4.69, 9.17) is 4.74 Å². The molecule has 2 saturated heterocycles. The molecule has 0 spiro atoms. The van der Waals surface area contributed by atoms with E-state index in [1.807, 2.05) is 12.1 Å². The number of halogens is 3. The van der Waals surface area contributed by atoms with Crippen LogP contribution in [0.1, 0.15) is 41.8 Å². The Kier molecular flexibility index (Phi) is 5.05. The first kappa shape index (κ1) is 19.2. The van der Waals surface area contributed by atoms with Gasteiger partial charge < -0.3 is 15.4 Å². The summed E-state index contributed by atoms with van der Waals surface area (Å²) < 4.78 is 44.3. The average molecular weight is 392 g/mol. The molecule has 150 valence electrons. The minimum absolute atomic E-state index is 0.0266. The monoisotopic (exact) mass is 392 g/mol. The normalized spacial score (nSPS) is 29.4. The quantitative estimate of drug-likeness (QED) is 0.822. The van der Waals surface area contributed by atoms with Crippen molar-refractivity contribution in [2.75, 3.05) is 13.1 Å². The van der Waals surface area contributed by atoms with Gasteiger partial charge in [0.25, 0.3) is 5.91 Å². The summed E-state index contributed by atoms with van der Waals surface area (Å²) in [6.07, 6.45) is -0.449. The van der Waals surface area contributed by atoms with E-state index in [2.05, 4.69) is 10.6 Å². The van der Waals surface area contributed by atoms with Crippen LogP contribution in [-0.4, -0.2) is 37.3 Å². The van der Waals surface area contributed by atoms with Crippen LogP contribution in [0.4, 0.5) is 13.2 Å². The highest BCUT2D eigenvalue weighted by molar-refractivity contribution is 5.94. The second-order valence-corrected chi connectivity index (χ2v) is 7.77. The summed E-state index contributed by atoms with van der Waals surface area (Å²) in [5, 5.41) is 6.24. The first-order valence-corrected chi connectivity index (χ1v) is 9.55. The van der Waals surface area contributed by atoms with Gasteiger partial charge in [-0.25, -0.2) is 0 Å².